The molecule has 1 amide bonds. The highest BCUT2D eigenvalue weighted by Gasteiger charge is 2.35. The number of thioether (sulfide) groups is 1. The molecule has 2 rings (SSSR count). The Morgan fingerprint density at radius 3 is 2.68 bits per heavy atom. The van der Waals surface area contributed by atoms with Crippen molar-refractivity contribution < 1.29 is 9.63 Å². The molecule has 0 saturated heterocycles. The average molecular weight is 277 g/mol. The summed E-state index contributed by atoms with van der Waals surface area (Å²) in [6, 6.07) is 9.90. The van der Waals surface area contributed by atoms with E-state index in [0.29, 0.717) is 5.17 Å². The number of carbonyl (C=O) groups is 1. The van der Waals surface area contributed by atoms with Gasteiger partial charge in [0.25, 0.3) is 0 Å². The maximum absolute atomic E-state index is 11.0. The molecule has 6 heteroatoms. The number of aliphatic imine (C=N–C) groups is 1. The number of benzene rings is 1. The lowest BCUT2D eigenvalue weighted by Gasteiger charge is -2.18. The topological polar surface area (TPSA) is 63.0 Å². The summed E-state index contributed by atoms with van der Waals surface area (Å²) in [5, 5.41) is 6.52. The van der Waals surface area contributed by atoms with Crippen molar-refractivity contribution in [3.63, 3.8) is 0 Å². The highest BCUT2D eigenvalue weighted by Crippen LogP contribution is 2.36. The number of oxime groups is 1. The van der Waals surface area contributed by atoms with E-state index in [1.807, 2.05) is 30.3 Å². The van der Waals surface area contributed by atoms with Crippen LogP contribution in [0.4, 0.5) is 4.79 Å². The molecule has 19 heavy (non-hydrogen) atoms. The summed E-state index contributed by atoms with van der Waals surface area (Å²) in [6.07, 6.45) is -0.603. The average Bonchev–Trinajstić information content (AvgIpc) is 2.72. The van der Waals surface area contributed by atoms with E-state index in [-0.39, 0.29) is 4.75 Å². The molecule has 100 valence electrons. The van der Waals surface area contributed by atoms with Crippen LogP contribution >= 0.6 is 11.8 Å². The zero-order valence-corrected chi connectivity index (χ0v) is 11.8. The second-order valence-corrected chi connectivity index (χ2v) is 6.03. The van der Waals surface area contributed by atoms with Gasteiger partial charge < -0.3 is 5.32 Å². The Morgan fingerprint density at radius 2 is 2.05 bits per heavy atom. The second-order valence-electron chi connectivity index (χ2n) is 4.44. The maximum atomic E-state index is 11.0. The minimum Gasteiger partial charge on any atom is -0.323 e. The van der Waals surface area contributed by atoms with Gasteiger partial charge in [-0.15, -0.1) is 0 Å². The summed E-state index contributed by atoms with van der Waals surface area (Å²) in [5.74, 6) is 0. The van der Waals surface area contributed by atoms with E-state index in [0.717, 1.165) is 11.3 Å². The normalized spacial score (nSPS) is 19.1. The van der Waals surface area contributed by atoms with Gasteiger partial charge in [0, 0.05) is 7.05 Å². The Bertz CT molecular complexity index is 538. The van der Waals surface area contributed by atoms with Crippen LogP contribution in [0.15, 0.2) is 40.5 Å². The second kappa shape index (κ2) is 5.44. The molecule has 0 spiro atoms. The molecule has 0 radical (unpaired) electrons. The first-order valence-corrected chi connectivity index (χ1v) is 6.65. The molecule has 0 saturated carbocycles. The molecule has 1 aromatic rings. The monoisotopic (exact) mass is 277 g/mol. The highest BCUT2D eigenvalue weighted by molar-refractivity contribution is 8.16. The molecule has 0 aliphatic carbocycles. The van der Waals surface area contributed by atoms with Gasteiger partial charge in [0.2, 0.25) is 5.17 Å². The van der Waals surface area contributed by atoms with Crippen LogP contribution in [-0.2, 0) is 4.84 Å². The van der Waals surface area contributed by atoms with E-state index >= 15 is 0 Å². The van der Waals surface area contributed by atoms with E-state index in [1.54, 1.807) is 0 Å². The Morgan fingerprint density at radius 1 is 1.37 bits per heavy atom. The Balaban J connectivity index is 2.25. The van der Waals surface area contributed by atoms with Crippen molar-refractivity contribution in [1.82, 2.24) is 5.32 Å². The maximum Gasteiger partial charge on any atom is 0.433 e. The quantitative estimate of drug-likeness (QED) is 0.667. The van der Waals surface area contributed by atoms with Crippen LogP contribution in [-0.4, -0.2) is 28.8 Å². The Hall–Kier alpha value is -1.82. The van der Waals surface area contributed by atoms with Crippen molar-refractivity contribution in [1.29, 1.82) is 0 Å². The number of nitrogens with zero attached hydrogens (tertiary/aromatic N) is 2. The van der Waals surface area contributed by atoms with E-state index in [4.69, 9.17) is 0 Å². The minimum atomic E-state index is -0.603. The number of nitrogens with one attached hydrogen (secondary N) is 1. The van der Waals surface area contributed by atoms with Gasteiger partial charge in [-0.25, -0.2) is 9.79 Å². The number of hydrogen-bond acceptors (Lipinski definition) is 4. The van der Waals surface area contributed by atoms with Gasteiger partial charge >= 0.3 is 6.09 Å². The van der Waals surface area contributed by atoms with Crippen LogP contribution in [0, 0.1) is 0 Å². The summed E-state index contributed by atoms with van der Waals surface area (Å²) in [7, 11) is 1.48. The first kappa shape index (κ1) is 13.6. The van der Waals surface area contributed by atoms with Crippen molar-refractivity contribution in [2.75, 3.05) is 7.05 Å². The van der Waals surface area contributed by atoms with Crippen molar-refractivity contribution in [2.24, 2.45) is 10.1 Å². The van der Waals surface area contributed by atoms with Gasteiger partial charge in [-0.1, -0.05) is 42.1 Å². The van der Waals surface area contributed by atoms with Crippen LogP contribution in [0.1, 0.15) is 19.4 Å². The Kier molecular flexibility index (Phi) is 3.90. The van der Waals surface area contributed by atoms with Crippen LogP contribution < -0.4 is 5.32 Å². The number of rotatable bonds is 2. The number of amidine groups is 1. The smallest absolute Gasteiger partial charge is 0.323 e. The van der Waals surface area contributed by atoms with E-state index < -0.39 is 6.09 Å². The largest absolute Gasteiger partial charge is 0.433 e. The summed E-state index contributed by atoms with van der Waals surface area (Å²) in [6.45, 7) is 4.12. The highest BCUT2D eigenvalue weighted by atomic mass is 32.2. The molecule has 1 heterocycles. The molecular weight excluding hydrogens is 262 g/mol. The predicted octanol–water partition coefficient (Wildman–Crippen LogP) is 2.63. The van der Waals surface area contributed by atoms with Gasteiger partial charge in [-0.3, -0.25) is 4.84 Å². The summed E-state index contributed by atoms with van der Waals surface area (Å²) < 4.78 is -0.202. The summed E-state index contributed by atoms with van der Waals surface area (Å²) in [4.78, 5) is 20.1. The third kappa shape index (κ3) is 3.14. The first-order valence-electron chi connectivity index (χ1n) is 5.83. The number of carbonyl (C=O) groups excluding carboxylic acids is 1. The lowest BCUT2D eigenvalue weighted by atomic mass is 9.99. The fourth-order valence-corrected chi connectivity index (χ4v) is 2.63. The van der Waals surface area contributed by atoms with E-state index in [2.05, 4.69) is 34.1 Å². The molecule has 0 atom stereocenters. The molecule has 0 fully saturated rings. The van der Waals surface area contributed by atoms with Gasteiger partial charge in [0.05, 0.1) is 10.5 Å². The van der Waals surface area contributed by atoms with Crippen LogP contribution in [0.25, 0.3) is 0 Å². The van der Waals surface area contributed by atoms with Gasteiger partial charge in [0.15, 0.2) is 0 Å². The van der Waals surface area contributed by atoms with Crippen molar-refractivity contribution in [3.8, 4) is 0 Å². The zero-order valence-electron chi connectivity index (χ0n) is 11.0. The molecule has 0 unspecified atom stereocenters. The van der Waals surface area contributed by atoms with E-state index in [1.165, 1.54) is 18.8 Å². The minimum absolute atomic E-state index is 0.202. The fraction of sp³-hybridized carbons (Fsp3) is 0.308. The lowest BCUT2D eigenvalue weighted by Crippen LogP contribution is -2.24. The van der Waals surface area contributed by atoms with Crippen LogP contribution in [0.3, 0.4) is 0 Å². The van der Waals surface area contributed by atoms with Crippen molar-refractivity contribution in [3.05, 3.63) is 35.9 Å². The van der Waals surface area contributed by atoms with Gasteiger partial charge in [-0.05, 0) is 24.6 Å². The molecular formula is C13H15N3O2S. The fourth-order valence-electron chi connectivity index (χ4n) is 1.70. The van der Waals surface area contributed by atoms with Crippen molar-refractivity contribution in [2.45, 2.75) is 18.6 Å². The predicted molar refractivity (Wildman–Crippen MR) is 77.6 cm³/mol. The molecule has 1 N–H and O–H groups in total. The molecule has 0 bridgehead atoms. The van der Waals surface area contributed by atoms with Crippen molar-refractivity contribution >= 4 is 28.7 Å². The molecule has 0 aromatic heterocycles. The summed E-state index contributed by atoms with van der Waals surface area (Å²) >= 11 is 1.46. The third-order valence-electron chi connectivity index (χ3n) is 2.58. The molecule has 1 aromatic carbocycles. The summed E-state index contributed by atoms with van der Waals surface area (Å²) in [5.41, 5.74) is 1.97. The SMILES string of the molecule is CNC(=O)ON=C1N=C(c2ccccc2)C(C)(C)S1. The third-order valence-corrected chi connectivity index (χ3v) is 3.63. The molecule has 5 nitrogen and oxygen atoms in total. The van der Waals surface area contributed by atoms with Crippen LogP contribution in [0.5, 0.6) is 0 Å². The standard InChI is InChI=1S/C13H15N3O2S/c1-13(2)10(9-7-5-4-6-8-9)15-11(19-13)16-18-12(17)14-3/h4-8H,1-3H3,(H,14,17). The Labute approximate surface area is 116 Å². The molecule has 1 aliphatic heterocycles. The van der Waals surface area contributed by atoms with Gasteiger partial charge in [0.1, 0.15) is 0 Å². The first-order chi connectivity index (χ1) is 9.03. The van der Waals surface area contributed by atoms with E-state index in [9.17, 15) is 4.79 Å². The molecule has 1 aliphatic rings. The number of hydrogen-bond donors (Lipinski definition) is 1. The number of amides is 1. The zero-order chi connectivity index (χ0) is 13.9. The van der Waals surface area contributed by atoms with Crippen LogP contribution in [0.2, 0.25) is 0 Å². The lowest BCUT2D eigenvalue weighted by molar-refractivity contribution is 0.153. The van der Waals surface area contributed by atoms with Gasteiger partial charge in [-0.2, -0.15) is 0 Å².